The second-order valence-electron chi connectivity index (χ2n) is 4.23. The minimum atomic E-state index is -0.219. The highest BCUT2D eigenvalue weighted by molar-refractivity contribution is 5.82. The van der Waals surface area contributed by atoms with Crippen LogP contribution < -0.4 is 10.6 Å². The molecule has 2 N–H and O–H groups in total. The Balaban J connectivity index is 1.81. The van der Waals surface area contributed by atoms with E-state index in [1.807, 2.05) is 30.3 Å². The van der Waals surface area contributed by atoms with Crippen LogP contribution in [-0.2, 0) is 11.3 Å². The van der Waals surface area contributed by atoms with Crippen LogP contribution in [0.5, 0.6) is 0 Å². The molecule has 1 aliphatic heterocycles. The quantitative estimate of drug-likeness (QED) is 0.806. The molecule has 1 unspecified atom stereocenters. The van der Waals surface area contributed by atoms with Gasteiger partial charge in [0.15, 0.2) is 0 Å². The Labute approximate surface area is 101 Å². The number of amides is 1. The molecule has 17 heavy (non-hydrogen) atoms. The van der Waals surface area contributed by atoms with Gasteiger partial charge >= 0.3 is 0 Å². The third kappa shape index (κ3) is 3.05. The van der Waals surface area contributed by atoms with Crippen LogP contribution in [-0.4, -0.2) is 18.5 Å². The number of nitriles is 1. The second-order valence-corrected chi connectivity index (χ2v) is 4.23. The van der Waals surface area contributed by atoms with Crippen molar-refractivity contribution in [2.45, 2.75) is 19.0 Å². The Morgan fingerprint density at radius 1 is 1.47 bits per heavy atom. The molecule has 88 valence electrons. The topological polar surface area (TPSA) is 64.9 Å². The van der Waals surface area contributed by atoms with Gasteiger partial charge in [-0.25, -0.2) is 0 Å². The normalized spacial score (nSPS) is 23.0. The van der Waals surface area contributed by atoms with Gasteiger partial charge < -0.3 is 10.6 Å². The molecule has 2 rings (SSSR count). The number of hydrogen-bond donors (Lipinski definition) is 2. The zero-order valence-corrected chi connectivity index (χ0v) is 9.52. The van der Waals surface area contributed by atoms with E-state index in [1.165, 1.54) is 0 Å². The first-order valence-corrected chi connectivity index (χ1v) is 5.74. The zero-order valence-electron chi connectivity index (χ0n) is 9.52. The Morgan fingerprint density at radius 2 is 2.24 bits per heavy atom. The fraction of sp³-hybridized carbons (Fsp3) is 0.385. The molecule has 1 saturated heterocycles. The van der Waals surface area contributed by atoms with Gasteiger partial charge in [0, 0.05) is 13.1 Å². The molecule has 4 nitrogen and oxygen atoms in total. The summed E-state index contributed by atoms with van der Waals surface area (Å²) in [7, 11) is 0. The maximum atomic E-state index is 11.8. The summed E-state index contributed by atoms with van der Waals surface area (Å²) in [5, 5.41) is 14.7. The summed E-state index contributed by atoms with van der Waals surface area (Å²) in [4.78, 5) is 11.8. The maximum absolute atomic E-state index is 11.8. The SMILES string of the molecule is N#CC1CN[C@H](C(=O)NCc2ccccc2)C1. The van der Waals surface area contributed by atoms with Crippen LogP contribution in [0.25, 0.3) is 0 Å². The fourth-order valence-corrected chi connectivity index (χ4v) is 1.94. The minimum absolute atomic E-state index is 0.0217. The van der Waals surface area contributed by atoms with Crippen molar-refractivity contribution in [3.05, 3.63) is 35.9 Å². The van der Waals surface area contributed by atoms with Gasteiger partial charge in [-0.15, -0.1) is 0 Å². The summed E-state index contributed by atoms with van der Waals surface area (Å²) in [6.07, 6.45) is 0.608. The van der Waals surface area contributed by atoms with E-state index in [0.29, 0.717) is 19.5 Å². The Bertz CT molecular complexity index is 424. The molecule has 0 radical (unpaired) electrons. The van der Waals surface area contributed by atoms with Crippen molar-refractivity contribution in [2.24, 2.45) is 5.92 Å². The average Bonchev–Trinajstić information content (AvgIpc) is 2.86. The van der Waals surface area contributed by atoms with E-state index in [9.17, 15) is 4.79 Å². The van der Waals surface area contributed by atoms with E-state index in [0.717, 1.165) is 5.56 Å². The average molecular weight is 229 g/mol. The van der Waals surface area contributed by atoms with Crippen LogP contribution in [0.15, 0.2) is 30.3 Å². The van der Waals surface area contributed by atoms with Crippen molar-refractivity contribution in [1.82, 2.24) is 10.6 Å². The molecule has 0 bridgehead atoms. The van der Waals surface area contributed by atoms with Gasteiger partial charge in [-0.2, -0.15) is 5.26 Å². The monoisotopic (exact) mass is 229 g/mol. The lowest BCUT2D eigenvalue weighted by atomic mass is 10.1. The zero-order chi connectivity index (χ0) is 12.1. The van der Waals surface area contributed by atoms with Gasteiger partial charge in [-0.1, -0.05) is 30.3 Å². The van der Waals surface area contributed by atoms with Crippen LogP contribution in [0.2, 0.25) is 0 Å². The number of benzene rings is 1. The maximum Gasteiger partial charge on any atom is 0.237 e. The molecule has 1 aromatic carbocycles. The van der Waals surface area contributed by atoms with Crippen LogP contribution >= 0.6 is 0 Å². The number of rotatable bonds is 3. The van der Waals surface area contributed by atoms with Crippen molar-refractivity contribution >= 4 is 5.91 Å². The summed E-state index contributed by atoms with van der Waals surface area (Å²) in [5.41, 5.74) is 1.08. The Morgan fingerprint density at radius 3 is 2.88 bits per heavy atom. The molecule has 1 aliphatic rings. The van der Waals surface area contributed by atoms with E-state index >= 15 is 0 Å². The van der Waals surface area contributed by atoms with Gasteiger partial charge in [0.1, 0.15) is 0 Å². The molecular formula is C13H15N3O. The lowest BCUT2D eigenvalue weighted by Gasteiger charge is -2.10. The van der Waals surface area contributed by atoms with E-state index in [4.69, 9.17) is 5.26 Å². The number of hydrogen-bond acceptors (Lipinski definition) is 3. The third-order valence-electron chi connectivity index (χ3n) is 2.94. The highest BCUT2D eigenvalue weighted by Gasteiger charge is 2.28. The minimum Gasteiger partial charge on any atom is -0.351 e. The third-order valence-corrected chi connectivity index (χ3v) is 2.94. The standard InChI is InChI=1S/C13H15N3O/c14-7-11-6-12(15-9-11)13(17)16-8-10-4-2-1-3-5-10/h1-5,11-12,15H,6,8-9H2,(H,16,17)/t11?,12-/m0/s1. The number of nitrogens with one attached hydrogen (secondary N) is 2. The van der Waals surface area contributed by atoms with E-state index in [1.54, 1.807) is 0 Å². The van der Waals surface area contributed by atoms with Crippen molar-refractivity contribution in [3.8, 4) is 6.07 Å². The van der Waals surface area contributed by atoms with Gasteiger partial charge in [0.25, 0.3) is 0 Å². The molecule has 1 fully saturated rings. The van der Waals surface area contributed by atoms with E-state index in [-0.39, 0.29) is 17.9 Å². The summed E-state index contributed by atoms with van der Waals surface area (Å²) in [5.74, 6) is -0.0610. The van der Waals surface area contributed by atoms with Crippen molar-refractivity contribution in [2.75, 3.05) is 6.54 Å². The van der Waals surface area contributed by atoms with Crippen LogP contribution in [0, 0.1) is 17.2 Å². The number of carbonyl (C=O) groups excluding carboxylic acids is 1. The van der Waals surface area contributed by atoms with E-state index in [2.05, 4.69) is 16.7 Å². The fourth-order valence-electron chi connectivity index (χ4n) is 1.94. The molecule has 2 atom stereocenters. The lowest BCUT2D eigenvalue weighted by molar-refractivity contribution is -0.122. The second kappa shape index (κ2) is 5.46. The van der Waals surface area contributed by atoms with Gasteiger partial charge in [-0.3, -0.25) is 4.79 Å². The predicted molar refractivity (Wildman–Crippen MR) is 63.8 cm³/mol. The van der Waals surface area contributed by atoms with Gasteiger partial charge in [-0.05, 0) is 12.0 Å². The van der Waals surface area contributed by atoms with Crippen LogP contribution in [0.1, 0.15) is 12.0 Å². The summed E-state index contributed by atoms with van der Waals surface area (Å²) < 4.78 is 0. The highest BCUT2D eigenvalue weighted by Crippen LogP contribution is 2.12. The Kier molecular flexibility index (Phi) is 3.73. The van der Waals surface area contributed by atoms with Crippen LogP contribution in [0.4, 0.5) is 0 Å². The summed E-state index contributed by atoms with van der Waals surface area (Å²) >= 11 is 0. The predicted octanol–water partition coefficient (Wildman–Crippen LogP) is 0.804. The molecule has 4 heteroatoms. The first kappa shape index (κ1) is 11.6. The van der Waals surface area contributed by atoms with Gasteiger partial charge in [0.05, 0.1) is 18.0 Å². The first-order chi connectivity index (χ1) is 8.29. The molecule has 0 saturated carbocycles. The first-order valence-electron chi connectivity index (χ1n) is 5.74. The molecule has 0 aromatic heterocycles. The summed E-state index contributed by atoms with van der Waals surface area (Å²) in [6, 6.07) is 11.7. The van der Waals surface area contributed by atoms with Crippen molar-refractivity contribution < 1.29 is 4.79 Å². The molecule has 1 amide bonds. The molecule has 1 heterocycles. The number of carbonyl (C=O) groups is 1. The Hall–Kier alpha value is -1.86. The van der Waals surface area contributed by atoms with Gasteiger partial charge in [0.2, 0.25) is 5.91 Å². The highest BCUT2D eigenvalue weighted by atomic mass is 16.2. The molecule has 1 aromatic rings. The van der Waals surface area contributed by atoms with Crippen molar-refractivity contribution in [3.63, 3.8) is 0 Å². The van der Waals surface area contributed by atoms with E-state index < -0.39 is 0 Å². The lowest BCUT2D eigenvalue weighted by Crippen LogP contribution is -2.39. The van der Waals surface area contributed by atoms with Crippen molar-refractivity contribution in [1.29, 1.82) is 5.26 Å². The number of nitrogens with zero attached hydrogens (tertiary/aromatic N) is 1. The van der Waals surface area contributed by atoms with Crippen LogP contribution in [0.3, 0.4) is 0 Å². The largest absolute Gasteiger partial charge is 0.351 e. The molecule has 0 aliphatic carbocycles. The molecular weight excluding hydrogens is 214 g/mol. The summed E-state index contributed by atoms with van der Waals surface area (Å²) in [6.45, 7) is 1.15. The smallest absolute Gasteiger partial charge is 0.237 e. The molecule has 0 spiro atoms.